The molecule has 0 atom stereocenters. The van der Waals surface area contributed by atoms with Crippen LogP contribution in [-0.2, 0) is 6.54 Å². The molecule has 0 heterocycles. The average Bonchev–Trinajstić information content (AvgIpc) is 2.38. The second kappa shape index (κ2) is 5.43. The van der Waals surface area contributed by atoms with E-state index in [0.717, 1.165) is 11.3 Å². The smallest absolute Gasteiger partial charge is 0.263 e. The maximum atomic E-state index is 12.5. The fourth-order valence-electron chi connectivity index (χ4n) is 1.60. The number of rotatable bonds is 4. The standard InChI is InChI=1S/C14H13F2N/c15-14(16)12-6-4-5-11(9-12)10-17-13-7-2-1-3-8-13/h1-9,14,17H,10H2. The molecule has 1 N–H and O–H groups in total. The van der Waals surface area contributed by atoms with Crippen LogP contribution in [0.15, 0.2) is 54.6 Å². The zero-order valence-corrected chi connectivity index (χ0v) is 9.24. The Morgan fingerprint density at radius 2 is 1.71 bits per heavy atom. The van der Waals surface area contributed by atoms with Crippen LogP contribution >= 0.6 is 0 Å². The molecule has 0 fully saturated rings. The van der Waals surface area contributed by atoms with Crippen LogP contribution < -0.4 is 5.32 Å². The minimum absolute atomic E-state index is 0.0670. The van der Waals surface area contributed by atoms with Crippen molar-refractivity contribution >= 4 is 5.69 Å². The molecule has 88 valence electrons. The largest absolute Gasteiger partial charge is 0.381 e. The first-order chi connectivity index (χ1) is 8.25. The van der Waals surface area contributed by atoms with Gasteiger partial charge >= 0.3 is 0 Å². The summed E-state index contributed by atoms with van der Waals surface area (Å²) in [6.07, 6.45) is -2.41. The van der Waals surface area contributed by atoms with E-state index in [0.29, 0.717) is 6.54 Å². The van der Waals surface area contributed by atoms with Crippen LogP contribution in [-0.4, -0.2) is 0 Å². The van der Waals surface area contributed by atoms with E-state index >= 15 is 0 Å². The lowest BCUT2D eigenvalue weighted by Crippen LogP contribution is -1.99. The average molecular weight is 233 g/mol. The maximum absolute atomic E-state index is 12.5. The van der Waals surface area contributed by atoms with Crippen LogP contribution in [0.2, 0.25) is 0 Å². The van der Waals surface area contributed by atoms with E-state index in [1.54, 1.807) is 6.07 Å². The first-order valence-electron chi connectivity index (χ1n) is 5.41. The summed E-state index contributed by atoms with van der Waals surface area (Å²) in [4.78, 5) is 0. The summed E-state index contributed by atoms with van der Waals surface area (Å²) < 4.78 is 25.0. The summed E-state index contributed by atoms with van der Waals surface area (Å²) in [6, 6.07) is 16.1. The Bertz CT molecular complexity index is 469. The molecule has 17 heavy (non-hydrogen) atoms. The fourth-order valence-corrected chi connectivity index (χ4v) is 1.60. The second-order valence-electron chi connectivity index (χ2n) is 3.77. The van der Waals surface area contributed by atoms with Crippen LogP contribution in [0.3, 0.4) is 0 Å². The summed E-state index contributed by atoms with van der Waals surface area (Å²) >= 11 is 0. The number of para-hydroxylation sites is 1. The first-order valence-corrected chi connectivity index (χ1v) is 5.41. The third kappa shape index (κ3) is 3.28. The molecular weight excluding hydrogens is 220 g/mol. The molecule has 0 aliphatic rings. The molecule has 0 radical (unpaired) electrons. The van der Waals surface area contributed by atoms with Gasteiger partial charge in [-0.15, -0.1) is 0 Å². The highest BCUT2D eigenvalue weighted by Crippen LogP contribution is 2.19. The van der Waals surface area contributed by atoms with Crippen LogP contribution in [0.5, 0.6) is 0 Å². The predicted octanol–water partition coefficient (Wildman–Crippen LogP) is 4.24. The summed E-state index contributed by atoms with van der Waals surface area (Å²) in [5.41, 5.74) is 1.90. The topological polar surface area (TPSA) is 12.0 Å². The third-order valence-electron chi connectivity index (χ3n) is 2.47. The molecular formula is C14H13F2N. The molecule has 0 saturated carbocycles. The Morgan fingerprint density at radius 1 is 0.941 bits per heavy atom. The van der Waals surface area contributed by atoms with Gasteiger partial charge in [0.1, 0.15) is 0 Å². The number of anilines is 1. The molecule has 0 aliphatic carbocycles. The molecule has 0 amide bonds. The van der Waals surface area contributed by atoms with E-state index in [-0.39, 0.29) is 5.56 Å². The minimum atomic E-state index is -2.41. The summed E-state index contributed by atoms with van der Waals surface area (Å²) in [5, 5.41) is 3.18. The molecule has 0 unspecified atom stereocenters. The third-order valence-corrected chi connectivity index (χ3v) is 2.47. The van der Waals surface area contributed by atoms with Gasteiger partial charge in [0.2, 0.25) is 0 Å². The fraction of sp³-hybridized carbons (Fsp3) is 0.143. The monoisotopic (exact) mass is 233 g/mol. The number of hydrogen-bond donors (Lipinski definition) is 1. The van der Waals surface area contributed by atoms with E-state index in [4.69, 9.17) is 0 Å². The van der Waals surface area contributed by atoms with Gasteiger partial charge in [0.15, 0.2) is 0 Å². The van der Waals surface area contributed by atoms with E-state index in [1.807, 2.05) is 36.4 Å². The molecule has 2 aromatic rings. The van der Waals surface area contributed by atoms with Gasteiger partial charge in [0.05, 0.1) is 0 Å². The minimum Gasteiger partial charge on any atom is -0.381 e. The van der Waals surface area contributed by atoms with Gasteiger partial charge in [0, 0.05) is 17.8 Å². The van der Waals surface area contributed by atoms with Gasteiger partial charge in [0.25, 0.3) is 6.43 Å². The van der Waals surface area contributed by atoms with Gasteiger partial charge in [-0.05, 0) is 23.8 Å². The zero-order valence-electron chi connectivity index (χ0n) is 9.24. The summed E-state index contributed by atoms with van der Waals surface area (Å²) in [7, 11) is 0. The number of nitrogens with one attached hydrogen (secondary N) is 1. The van der Waals surface area contributed by atoms with Gasteiger partial charge in [-0.25, -0.2) is 8.78 Å². The van der Waals surface area contributed by atoms with Crippen molar-refractivity contribution in [2.24, 2.45) is 0 Å². The SMILES string of the molecule is FC(F)c1cccc(CNc2ccccc2)c1. The molecule has 2 rings (SSSR count). The van der Waals surface area contributed by atoms with E-state index in [9.17, 15) is 8.78 Å². The lowest BCUT2D eigenvalue weighted by Gasteiger charge is -2.07. The molecule has 1 nitrogen and oxygen atoms in total. The van der Waals surface area contributed by atoms with E-state index < -0.39 is 6.43 Å². The van der Waals surface area contributed by atoms with Crippen molar-refractivity contribution in [3.05, 3.63) is 65.7 Å². The molecule has 0 saturated heterocycles. The lowest BCUT2D eigenvalue weighted by atomic mass is 10.1. The second-order valence-corrected chi connectivity index (χ2v) is 3.77. The number of hydrogen-bond acceptors (Lipinski definition) is 1. The van der Waals surface area contributed by atoms with Crippen molar-refractivity contribution in [2.75, 3.05) is 5.32 Å². The van der Waals surface area contributed by atoms with Crippen molar-refractivity contribution in [1.29, 1.82) is 0 Å². The Hall–Kier alpha value is -1.90. The van der Waals surface area contributed by atoms with Crippen LogP contribution in [0.4, 0.5) is 14.5 Å². The summed E-state index contributed by atoms with van der Waals surface area (Å²) in [5.74, 6) is 0. The Balaban J connectivity index is 2.02. The normalized spacial score (nSPS) is 10.5. The highest BCUT2D eigenvalue weighted by molar-refractivity contribution is 5.43. The zero-order chi connectivity index (χ0) is 12.1. The molecule has 3 heteroatoms. The predicted molar refractivity (Wildman–Crippen MR) is 65.2 cm³/mol. The Kier molecular flexibility index (Phi) is 3.70. The van der Waals surface area contributed by atoms with Crippen molar-refractivity contribution < 1.29 is 8.78 Å². The maximum Gasteiger partial charge on any atom is 0.263 e. The van der Waals surface area contributed by atoms with E-state index in [1.165, 1.54) is 12.1 Å². The van der Waals surface area contributed by atoms with Crippen molar-refractivity contribution in [3.63, 3.8) is 0 Å². The highest BCUT2D eigenvalue weighted by Gasteiger charge is 2.06. The number of alkyl halides is 2. The van der Waals surface area contributed by atoms with Gasteiger partial charge in [-0.1, -0.05) is 36.4 Å². The van der Waals surface area contributed by atoms with Crippen LogP contribution in [0.25, 0.3) is 0 Å². The van der Waals surface area contributed by atoms with Crippen LogP contribution in [0, 0.1) is 0 Å². The highest BCUT2D eigenvalue weighted by atomic mass is 19.3. The van der Waals surface area contributed by atoms with Gasteiger partial charge in [-0.3, -0.25) is 0 Å². The molecule has 2 aromatic carbocycles. The summed E-state index contributed by atoms with van der Waals surface area (Å²) in [6.45, 7) is 0.546. The Labute approximate surface area is 99.1 Å². The number of benzene rings is 2. The quantitative estimate of drug-likeness (QED) is 0.833. The molecule has 0 aliphatic heterocycles. The molecule has 0 aromatic heterocycles. The van der Waals surface area contributed by atoms with Crippen molar-refractivity contribution in [3.8, 4) is 0 Å². The molecule has 0 bridgehead atoms. The lowest BCUT2D eigenvalue weighted by molar-refractivity contribution is 0.151. The Morgan fingerprint density at radius 3 is 2.41 bits per heavy atom. The van der Waals surface area contributed by atoms with E-state index in [2.05, 4.69) is 5.32 Å². The van der Waals surface area contributed by atoms with Crippen molar-refractivity contribution in [2.45, 2.75) is 13.0 Å². The molecule has 0 spiro atoms. The van der Waals surface area contributed by atoms with Crippen LogP contribution in [0.1, 0.15) is 17.6 Å². The van der Waals surface area contributed by atoms with Gasteiger partial charge in [-0.2, -0.15) is 0 Å². The van der Waals surface area contributed by atoms with Crippen molar-refractivity contribution in [1.82, 2.24) is 0 Å². The number of halogens is 2. The van der Waals surface area contributed by atoms with Gasteiger partial charge < -0.3 is 5.32 Å². The first kappa shape index (κ1) is 11.6.